The highest BCUT2D eigenvalue weighted by molar-refractivity contribution is 5.83. The van der Waals surface area contributed by atoms with Crippen molar-refractivity contribution in [2.75, 3.05) is 0 Å². The maximum atomic E-state index is 11.1. The summed E-state index contributed by atoms with van der Waals surface area (Å²) in [6.45, 7) is 0. The molecule has 1 heteroatoms. The molecule has 0 radical (unpaired) electrons. The summed E-state index contributed by atoms with van der Waals surface area (Å²) in [7, 11) is 0. The summed E-state index contributed by atoms with van der Waals surface area (Å²) in [6.07, 6.45) is 5.92. The van der Waals surface area contributed by atoms with Crippen LogP contribution in [0.15, 0.2) is 0 Å². The minimum atomic E-state index is 0.505. The lowest BCUT2D eigenvalue weighted by Gasteiger charge is -2.03. The molecule has 1 nitrogen and oxygen atoms in total. The number of hydrogen-bond donors (Lipinski definition) is 0. The summed E-state index contributed by atoms with van der Waals surface area (Å²) in [5.41, 5.74) is 0. The van der Waals surface area contributed by atoms with Crippen LogP contribution in [-0.4, -0.2) is 5.78 Å². The van der Waals surface area contributed by atoms with Crippen molar-refractivity contribution in [3.05, 3.63) is 0 Å². The van der Waals surface area contributed by atoms with Gasteiger partial charge in [-0.25, -0.2) is 0 Å². The molecule has 2 aliphatic carbocycles. The molecule has 2 rings (SSSR count). The normalized spacial score (nSPS) is 41.6. The molecular formula is C8H12O. The van der Waals surface area contributed by atoms with Crippen molar-refractivity contribution in [1.29, 1.82) is 0 Å². The number of ketones is 1. The van der Waals surface area contributed by atoms with E-state index in [0.717, 1.165) is 12.3 Å². The maximum Gasteiger partial charge on any atom is 0.136 e. The van der Waals surface area contributed by atoms with Crippen LogP contribution in [0.5, 0.6) is 0 Å². The Morgan fingerprint density at radius 1 is 1.22 bits per heavy atom. The Morgan fingerprint density at radius 3 is 2.89 bits per heavy atom. The molecule has 0 aromatic rings. The quantitative estimate of drug-likeness (QED) is 0.481. The minimum absolute atomic E-state index is 0.505. The predicted octanol–water partition coefficient (Wildman–Crippen LogP) is 1.77. The lowest BCUT2D eigenvalue weighted by atomic mass is 10.0. The van der Waals surface area contributed by atoms with Crippen LogP contribution >= 0.6 is 0 Å². The first-order chi connectivity index (χ1) is 4.38. The summed E-state index contributed by atoms with van der Waals surface area (Å²) in [6, 6.07) is 0. The van der Waals surface area contributed by atoms with Gasteiger partial charge in [0.05, 0.1) is 0 Å². The van der Waals surface area contributed by atoms with Gasteiger partial charge in [0, 0.05) is 12.3 Å². The van der Waals surface area contributed by atoms with E-state index in [2.05, 4.69) is 0 Å². The molecule has 2 unspecified atom stereocenters. The molecule has 0 aromatic heterocycles. The molecule has 0 N–H and O–H groups in total. The molecule has 0 heterocycles. The Labute approximate surface area is 55.4 Å². The molecule has 50 valence electrons. The monoisotopic (exact) mass is 124 g/mol. The van der Waals surface area contributed by atoms with Crippen molar-refractivity contribution < 1.29 is 4.79 Å². The lowest BCUT2D eigenvalue weighted by molar-refractivity contribution is -0.120. The van der Waals surface area contributed by atoms with E-state index >= 15 is 0 Å². The maximum absolute atomic E-state index is 11.1. The first kappa shape index (κ1) is 5.45. The predicted molar refractivity (Wildman–Crippen MR) is 35.1 cm³/mol. The molecule has 0 amide bonds. The number of Topliss-reactive ketones (excluding diaryl/α,β-unsaturated/α-hetero) is 1. The van der Waals surface area contributed by atoms with Gasteiger partial charge in [-0.1, -0.05) is 6.42 Å². The van der Waals surface area contributed by atoms with Gasteiger partial charge in [0.2, 0.25) is 0 Å². The van der Waals surface area contributed by atoms with Crippen LogP contribution in [0.2, 0.25) is 0 Å². The third-order valence-electron chi connectivity index (χ3n) is 2.83. The number of carbonyl (C=O) groups is 1. The van der Waals surface area contributed by atoms with E-state index in [1.807, 2.05) is 0 Å². The highest BCUT2D eigenvalue weighted by atomic mass is 16.1. The Kier molecular flexibility index (Phi) is 1.11. The Morgan fingerprint density at radius 2 is 2.11 bits per heavy atom. The van der Waals surface area contributed by atoms with E-state index in [1.165, 1.54) is 25.7 Å². The molecule has 2 saturated carbocycles. The average molecular weight is 124 g/mol. The highest BCUT2D eigenvalue weighted by Gasteiger charge is 2.37. The summed E-state index contributed by atoms with van der Waals surface area (Å²) in [5.74, 6) is 1.86. The smallest absolute Gasteiger partial charge is 0.136 e. The van der Waals surface area contributed by atoms with Gasteiger partial charge in [0.15, 0.2) is 0 Å². The van der Waals surface area contributed by atoms with Crippen molar-refractivity contribution in [2.45, 2.75) is 32.1 Å². The molecule has 2 aliphatic rings. The Hall–Kier alpha value is -0.330. The second-order valence-electron chi connectivity index (χ2n) is 3.30. The van der Waals surface area contributed by atoms with Crippen molar-refractivity contribution in [3.8, 4) is 0 Å². The van der Waals surface area contributed by atoms with Crippen molar-refractivity contribution in [2.24, 2.45) is 11.8 Å². The molecule has 0 aromatic carbocycles. The topological polar surface area (TPSA) is 17.1 Å². The van der Waals surface area contributed by atoms with Crippen molar-refractivity contribution >= 4 is 5.78 Å². The average Bonchev–Trinajstić information content (AvgIpc) is 2.35. The first-order valence-corrected chi connectivity index (χ1v) is 3.90. The fourth-order valence-corrected chi connectivity index (χ4v) is 2.32. The summed E-state index contributed by atoms with van der Waals surface area (Å²) >= 11 is 0. The third-order valence-corrected chi connectivity index (χ3v) is 2.83. The van der Waals surface area contributed by atoms with Crippen LogP contribution in [0.3, 0.4) is 0 Å². The highest BCUT2D eigenvalue weighted by Crippen LogP contribution is 2.41. The van der Waals surface area contributed by atoms with Gasteiger partial charge in [-0.05, 0) is 25.2 Å². The molecule has 2 atom stereocenters. The summed E-state index contributed by atoms with van der Waals surface area (Å²) in [5, 5.41) is 0. The molecule has 0 aliphatic heterocycles. The fraction of sp³-hybridized carbons (Fsp3) is 0.875. The van der Waals surface area contributed by atoms with Gasteiger partial charge in [0.1, 0.15) is 5.78 Å². The zero-order valence-corrected chi connectivity index (χ0v) is 5.60. The number of hydrogen-bond acceptors (Lipinski definition) is 1. The number of carbonyl (C=O) groups excluding carboxylic acids is 1. The number of rotatable bonds is 0. The first-order valence-electron chi connectivity index (χ1n) is 3.90. The SMILES string of the molecule is O=C1CCC2CCCC12. The van der Waals surface area contributed by atoms with E-state index < -0.39 is 0 Å². The number of fused-ring (bicyclic) bond motifs is 1. The van der Waals surface area contributed by atoms with E-state index in [9.17, 15) is 4.79 Å². The fourth-order valence-electron chi connectivity index (χ4n) is 2.32. The van der Waals surface area contributed by atoms with E-state index in [-0.39, 0.29) is 0 Å². The molecule has 2 fully saturated rings. The Balaban J connectivity index is 2.15. The van der Waals surface area contributed by atoms with Gasteiger partial charge in [-0.15, -0.1) is 0 Å². The van der Waals surface area contributed by atoms with Gasteiger partial charge in [-0.3, -0.25) is 4.79 Å². The molecule has 0 saturated heterocycles. The molecular weight excluding hydrogens is 112 g/mol. The van der Waals surface area contributed by atoms with Crippen LogP contribution in [0.25, 0.3) is 0 Å². The van der Waals surface area contributed by atoms with Crippen molar-refractivity contribution in [1.82, 2.24) is 0 Å². The van der Waals surface area contributed by atoms with Gasteiger partial charge in [-0.2, -0.15) is 0 Å². The van der Waals surface area contributed by atoms with Crippen molar-refractivity contribution in [3.63, 3.8) is 0 Å². The second kappa shape index (κ2) is 1.83. The molecule has 0 spiro atoms. The molecule has 0 bridgehead atoms. The summed E-state index contributed by atoms with van der Waals surface area (Å²) < 4.78 is 0. The zero-order valence-electron chi connectivity index (χ0n) is 5.60. The minimum Gasteiger partial charge on any atom is -0.299 e. The van der Waals surface area contributed by atoms with Crippen LogP contribution in [-0.2, 0) is 4.79 Å². The van der Waals surface area contributed by atoms with E-state index in [1.54, 1.807) is 0 Å². The standard InChI is InChI=1S/C8H12O/c9-8-5-4-6-2-1-3-7(6)8/h6-7H,1-5H2. The lowest BCUT2D eigenvalue weighted by Crippen LogP contribution is -2.06. The molecule has 9 heavy (non-hydrogen) atoms. The van der Waals surface area contributed by atoms with Gasteiger partial charge >= 0.3 is 0 Å². The van der Waals surface area contributed by atoms with Gasteiger partial charge in [0.25, 0.3) is 0 Å². The van der Waals surface area contributed by atoms with E-state index in [4.69, 9.17) is 0 Å². The van der Waals surface area contributed by atoms with E-state index in [0.29, 0.717) is 11.7 Å². The third kappa shape index (κ3) is 0.707. The zero-order chi connectivity index (χ0) is 6.27. The van der Waals surface area contributed by atoms with Crippen LogP contribution in [0, 0.1) is 11.8 Å². The largest absolute Gasteiger partial charge is 0.299 e. The van der Waals surface area contributed by atoms with Gasteiger partial charge < -0.3 is 0 Å². The second-order valence-corrected chi connectivity index (χ2v) is 3.30. The summed E-state index contributed by atoms with van der Waals surface area (Å²) in [4.78, 5) is 11.1. The van der Waals surface area contributed by atoms with Crippen LogP contribution in [0.4, 0.5) is 0 Å². The van der Waals surface area contributed by atoms with Crippen LogP contribution < -0.4 is 0 Å². The Bertz CT molecular complexity index is 140. The van der Waals surface area contributed by atoms with Crippen LogP contribution in [0.1, 0.15) is 32.1 Å².